The zero-order valence-corrected chi connectivity index (χ0v) is 18.6. The summed E-state index contributed by atoms with van der Waals surface area (Å²) in [4.78, 5) is 12.3. The molecular weight excluding hydrogens is 416 g/mol. The molecule has 0 radical (unpaired) electrons. The van der Waals surface area contributed by atoms with Crippen LogP contribution >= 0.6 is 0 Å². The Morgan fingerprint density at radius 2 is 1.55 bits per heavy atom. The van der Waals surface area contributed by atoms with E-state index < -0.39 is 21.6 Å². The van der Waals surface area contributed by atoms with Gasteiger partial charge in [0.05, 0.1) is 4.90 Å². The summed E-state index contributed by atoms with van der Waals surface area (Å²) in [5.74, 6) is 2.22. The molecule has 31 heavy (non-hydrogen) atoms. The number of primary sulfonamides is 1. The van der Waals surface area contributed by atoms with E-state index in [2.05, 4.69) is 5.32 Å². The van der Waals surface area contributed by atoms with Crippen molar-refractivity contribution in [3.05, 3.63) is 24.3 Å². The van der Waals surface area contributed by atoms with Crippen LogP contribution in [-0.4, -0.2) is 26.5 Å². The van der Waals surface area contributed by atoms with E-state index in [0.29, 0.717) is 17.8 Å². The number of sulfonamides is 1. The van der Waals surface area contributed by atoms with E-state index in [9.17, 15) is 8.42 Å². The van der Waals surface area contributed by atoms with Crippen molar-refractivity contribution in [1.82, 2.24) is 0 Å². The van der Waals surface area contributed by atoms with Crippen LogP contribution < -0.4 is 10.5 Å². The Morgan fingerprint density at radius 1 is 0.935 bits per heavy atom. The maximum atomic E-state index is 11.4. The summed E-state index contributed by atoms with van der Waals surface area (Å²) in [6.07, 6.45) is 10.1. The largest absolute Gasteiger partial charge is 0.385 e. The van der Waals surface area contributed by atoms with E-state index >= 15 is 0 Å². The number of rotatable bonds is 4. The lowest BCUT2D eigenvalue weighted by atomic mass is 9.53. The van der Waals surface area contributed by atoms with Gasteiger partial charge in [0, 0.05) is 36.9 Å². The van der Waals surface area contributed by atoms with Gasteiger partial charge in [-0.3, -0.25) is 0 Å². The van der Waals surface area contributed by atoms with Crippen molar-refractivity contribution in [2.75, 3.05) is 11.9 Å². The normalized spacial score (nSPS) is 43.7. The van der Waals surface area contributed by atoms with Gasteiger partial charge in [0.25, 0.3) is 0 Å². The van der Waals surface area contributed by atoms with Gasteiger partial charge in [-0.1, -0.05) is 0 Å². The number of benzene rings is 1. The molecule has 1 heterocycles. The summed E-state index contributed by atoms with van der Waals surface area (Å²) in [5.41, 5.74) is 0.900. The van der Waals surface area contributed by atoms with E-state index in [1.54, 1.807) is 12.1 Å². The maximum Gasteiger partial charge on any atom is 0.238 e. The molecule has 170 valence electrons. The highest BCUT2D eigenvalue weighted by Crippen LogP contribution is 2.63. The SMILES string of the molecule is NS(=O)(=O)c1ccc(NCC2CCC3(CC2)OOC2(O3)C3CC4CC(C3)CC2C4)cc1. The van der Waals surface area contributed by atoms with E-state index in [4.69, 9.17) is 19.7 Å². The highest BCUT2D eigenvalue weighted by Gasteiger charge is 2.66. The molecule has 1 aromatic rings. The first kappa shape index (κ1) is 20.4. The van der Waals surface area contributed by atoms with Gasteiger partial charge in [0.15, 0.2) is 0 Å². The molecule has 0 unspecified atom stereocenters. The molecule has 2 spiro atoms. The van der Waals surface area contributed by atoms with Gasteiger partial charge < -0.3 is 10.1 Å². The van der Waals surface area contributed by atoms with Gasteiger partial charge in [-0.05, 0) is 87.0 Å². The Morgan fingerprint density at radius 3 is 2.13 bits per heavy atom. The fourth-order valence-electron chi connectivity index (χ4n) is 7.14. The molecule has 1 aliphatic heterocycles. The number of hydrogen-bond acceptors (Lipinski definition) is 6. The third kappa shape index (κ3) is 3.51. The monoisotopic (exact) mass is 448 g/mol. The Hall–Kier alpha value is -1.19. The minimum absolute atomic E-state index is 0.131. The van der Waals surface area contributed by atoms with E-state index in [1.165, 1.54) is 44.2 Å². The average Bonchev–Trinajstić information content (AvgIpc) is 3.11. The Balaban J connectivity index is 1.05. The standard InChI is InChI=1S/C23H32N2O5S/c24-31(26,27)21-3-1-20(2-4-21)25-14-15-5-7-22(8-6-15)28-23(30-29-22)18-10-16-9-17(12-18)13-19(23)11-16/h1-4,15-19,25H,5-14H2,(H2,24,26,27). The van der Waals surface area contributed by atoms with Gasteiger partial charge >= 0.3 is 0 Å². The van der Waals surface area contributed by atoms with Crippen molar-refractivity contribution in [2.45, 2.75) is 74.3 Å². The van der Waals surface area contributed by atoms with E-state index in [0.717, 1.165) is 49.8 Å². The van der Waals surface area contributed by atoms with Gasteiger partial charge in [0.1, 0.15) is 0 Å². The van der Waals surface area contributed by atoms with E-state index in [1.807, 2.05) is 0 Å². The molecule has 7 rings (SSSR count). The zero-order chi connectivity index (χ0) is 21.3. The Kier molecular flexibility index (Phi) is 4.71. The molecular formula is C23H32N2O5S. The van der Waals surface area contributed by atoms with Crippen molar-refractivity contribution in [2.24, 2.45) is 34.7 Å². The highest BCUT2D eigenvalue weighted by molar-refractivity contribution is 7.89. The molecule has 3 N–H and O–H groups in total. The van der Waals surface area contributed by atoms with Crippen molar-refractivity contribution < 1.29 is 22.9 Å². The van der Waals surface area contributed by atoms with Crippen LogP contribution in [0.25, 0.3) is 0 Å². The molecule has 1 aromatic carbocycles. The number of nitrogens with one attached hydrogen (secondary N) is 1. The van der Waals surface area contributed by atoms with Crippen molar-refractivity contribution >= 4 is 15.7 Å². The summed E-state index contributed by atoms with van der Waals surface area (Å²) in [7, 11) is -3.65. The third-order valence-electron chi connectivity index (χ3n) is 8.59. The number of hydrogen-bond donors (Lipinski definition) is 2. The second kappa shape index (κ2) is 7.15. The van der Waals surface area contributed by atoms with Crippen LogP contribution in [-0.2, 0) is 24.5 Å². The van der Waals surface area contributed by atoms with Crippen molar-refractivity contribution in [3.8, 4) is 0 Å². The fourth-order valence-corrected chi connectivity index (χ4v) is 7.66. The molecule has 1 saturated heterocycles. The summed E-state index contributed by atoms with van der Waals surface area (Å²) >= 11 is 0. The van der Waals surface area contributed by atoms with Crippen LogP contribution in [0.1, 0.15) is 57.8 Å². The second-order valence-electron chi connectivity index (χ2n) is 10.6. The van der Waals surface area contributed by atoms with Crippen LogP contribution in [0, 0.1) is 29.6 Å². The summed E-state index contributed by atoms with van der Waals surface area (Å²) < 4.78 is 29.6. The quantitative estimate of drug-likeness (QED) is 0.681. The molecule has 0 aromatic heterocycles. The predicted octanol–water partition coefficient (Wildman–Crippen LogP) is 3.76. The lowest BCUT2D eigenvalue weighted by Gasteiger charge is -2.57. The van der Waals surface area contributed by atoms with Crippen molar-refractivity contribution in [1.29, 1.82) is 0 Å². The molecule has 6 fully saturated rings. The first-order chi connectivity index (χ1) is 14.8. The molecule has 0 amide bonds. The van der Waals surface area contributed by atoms with Crippen LogP contribution in [0.2, 0.25) is 0 Å². The van der Waals surface area contributed by atoms with Gasteiger partial charge in [-0.2, -0.15) is 9.78 Å². The minimum atomic E-state index is -3.65. The minimum Gasteiger partial charge on any atom is -0.385 e. The smallest absolute Gasteiger partial charge is 0.238 e. The van der Waals surface area contributed by atoms with Gasteiger partial charge in [-0.15, -0.1) is 0 Å². The Bertz CT molecular complexity index is 911. The summed E-state index contributed by atoms with van der Waals surface area (Å²) in [5, 5.41) is 8.59. The number of nitrogens with two attached hydrogens (primary N) is 1. The first-order valence-corrected chi connectivity index (χ1v) is 13.3. The molecule has 6 aliphatic rings. The number of ether oxygens (including phenoxy) is 1. The lowest BCUT2D eigenvalue weighted by Crippen LogP contribution is -2.59. The lowest BCUT2D eigenvalue weighted by molar-refractivity contribution is -0.390. The maximum absolute atomic E-state index is 11.4. The molecule has 4 bridgehead atoms. The topological polar surface area (TPSA) is 99.9 Å². The van der Waals surface area contributed by atoms with Crippen LogP contribution in [0.5, 0.6) is 0 Å². The van der Waals surface area contributed by atoms with E-state index in [-0.39, 0.29) is 4.90 Å². The summed E-state index contributed by atoms with van der Waals surface area (Å²) in [6.45, 7) is 0.839. The fraction of sp³-hybridized carbons (Fsp3) is 0.739. The number of anilines is 1. The van der Waals surface area contributed by atoms with Gasteiger partial charge in [0.2, 0.25) is 21.6 Å². The second-order valence-corrected chi connectivity index (χ2v) is 12.2. The highest BCUT2D eigenvalue weighted by atomic mass is 32.2. The van der Waals surface area contributed by atoms with Crippen LogP contribution in [0.15, 0.2) is 29.2 Å². The zero-order valence-electron chi connectivity index (χ0n) is 17.8. The molecule has 7 nitrogen and oxygen atoms in total. The first-order valence-electron chi connectivity index (χ1n) is 11.8. The average molecular weight is 449 g/mol. The molecule has 5 saturated carbocycles. The molecule has 0 atom stereocenters. The molecule has 5 aliphatic carbocycles. The van der Waals surface area contributed by atoms with Crippen molar-refractivity contribution in [3.63, 3.8) is 0 Å². The molecule has 8 heteroatoms. The van der Waals surface area contributed by atoms with Gasteiger partial charge in [-0.25, -0.2) is 13.6 Å². The predicted molar refractivity (Wildman–Crippen MR) is 114 cm³/mol. The van der Waals surface area contributed by atoms with Crippen LogP contribution in [0.4, 0.5) is 5.69 Å². The summed E-state index contributed by atoms with van der Waals surface area (Å²) in [6, 6.07) is 6.60. The Labute approximate surface area is 184 Å². The third-order valence-corrected chi connectivity index (χ3v) is 9.52. The van der Waals surface area contributed by atoms with Crippen LogP contribution in [0.3, 0.4) is 0 Å².